The Kier molecular flexibility index (Phi) is 5.19. The van der Waals surface area contributed by atoms with Crippen LogP contribution in [0.5, 0.6) is 0 Å². The van der Waals surface area contributed by atoms with Gasteiger partial charge in [0.2, 0.25) is 5.91 Å². The maximum absolute atomic E-state index is 11.4. The van der Waals surface area contributed by atoms with Crippen LogP contribution in [0.15, 0.2) is 24.3 Å². The zero-order chi connectivity index (χ0) is 17.1. The van der Waals surface area contributed by atoms with E-state index in [0.717, 1.165) is 51.0 Å². The zero-order valence-corrected chi connectivity index (χ0v) is 14.3. The Hall–Kier alpha value is -1.88. The lowest BCUT2D eigenvalue weighted by Crippen LogP contribution is -2.45. The molecule has 2 aliphatic heterocycles. The molecule has 2 saturated heterocycles. The Morgan fingerprint density at radius 2 is 1.92 bits per heavy atom. The van der Waals surface area contributed by atoms with Gasteiger partial charge in [-0.05, 0) is 55.8 Å². The van der Waals surface area contributed by atoms with Crippen molar-refractivity contribution in [1.29, 1.82) is 0 Å². The van der Waals surface area contributed by atoms with Crippen molar-refractivity contribution in [3.63, 3.8) is 0 Å². The van der Waals surface area contributed by atoms with Crippen LogP contribution in [0.2, 0.25) is 0 Å². The Morgan fingerprint density at radius 1 is 1.17 bits per heavy atom. The van der Waals surface area contributed by atoms with Crippen LogP contribution in [-0.4, -0.2) is 59.0 Å². The minimum atomic E-state index is -0.859. The molecular formula is C19H26N2O3. The van der Waals surface area contributed by atoms with Gasteiger partial charge in [0.15, 0.2) is 0 Å². The second kappa shape index (κ2) is 7.34. The summed E-state index contributed by atoms with van der Waals surface area (Å²) in [4.78, 5) is 27.0. The third-order valence-corrected chi connectivity index (χ3v) is 5.44. The summed E-state index contributed by atoms with van der Waals surface area (Å²) in [5.41, 5.74) is 1.49. The summed E-state index contributed by atoms with van der Waals surface area (Å²) in [5.74, 6) is -0.0759. The number of carboxylic acid groups (broad SMARTS) is 1. The molecule has 1 aromatic rings. The molecule has 0 saturated carbocycles. The summed E-state index contributed by atoms with van der Waals surface area (Å²) >= 11 is 0. The van der Waals surface area contributed by atoms with Crippen LogP contribution < -0.4 is 0 Å². The van der Waals surface area contributed by atoms with Crippen LogP contribution in [0, 0.1) is 5.92 Å². The molecule has 2 aliphatic rings. The predicted octanol–water partition coefficient (Wildman–Crippen LogP) is 2.26. The maximum Gasteiger partial charge on any atom is 0.335 e. The SMILES string of the molecule is CC(=O)N1CCC(N2CCC(Cc3cccc(C(=O)O)c3)C2)CC1. The topological polar surface area (TPSA) is 60.9 Å². The molecule has 0 aromatic heterocycles. The maximum atomic E-state index is 11.4. The number of amides is 1. The Bertz CT molecular complexity index is 608. The first-order valence-corrected chi connectivity index (χ1v) is 8.84. The number of likely N-dealkylation sites (tertiary alicyclic amines) is 2. The highest BCUT2D eigenvalue weighted by molar-refractivity contribution is 5.87. The number of hydrogen-bond donors (Lipinski definition) is 1. The molecule has 1 unspecified atom stereocenters. The van der Waals surface area contributed by atoms with Gasteiger partial charge in [-0.3, -0.25) is 9.69 Å². The van der Waals surface area contributed by atoms with Crippen molar-refractivity contribution in [2.75, 3.05) is 26.2 Å². The summed E-state index contributed by atoms with van der Waals surface area (Å²) in [6.07, 6.45) is 4.26. The molecule has 0 aliphatic carbocycles. The summed E-state index contributed by atoms with van der Waals surface area (Å²) in [7, 11) is 0. The lowest BCUT2D eigenvalue weighted by molar-refractivity contribution is -0.130. The molecule has 1 N–H and O–H groups in total. The van der Waals surface area contributed by atoms with E-state index in [2.05, 4.69) is 4.90 Å². The highest BCUT2D eigenvalue weighted by Gasteiger charge is 2.31. The third kappa shape index (κ3) is 3.96. The van der Waals surface area contributed by atoms with Crippen LogP contribution in [0.1, 0.15) is 42.1 Å². The third-order valence-electron chi connectivity index (χ3n) is 5.44. The molecule has 5 heteroatoms. The summed E-state index contributed by atoms with van der Waals surface area (Å²) in [6, 6.07) is 7.91. The van der Waals surface area contributed by atoms with Gasteiger partial charge in [-0.15, -0.1) is 0 Å². The number of rotatable bonds is 4. The smallest absolute Gasteiger partial charge is 0.335 e. The minimum Gasteiger partial charge on any atom is -0.478 e. The van der Waals surface area contributed by atoms with E-state index < -0.39 is 5.97 Å². The fraction of sp³-hybridized carbons (Fsp3) is 0.579. The van der Waals surface area contributed by atoms with E-state index in [0.29, 0.717) is 17.5 Å². The minimum absolute atomic E-state index is 0.186. The highest BCUT2D eigenvalue weighted by Crippen LogP contribution is 2.27. The number of benzene rings is 1. The molecule has 0 spiro atoms. The predicted molar refractivity (Wildman–Crippen MR) is 92.1 cm³/mol. The quantitative estimate of drug-likeness (QED) is 0.920. The van der Waals surface area contributed by atoms with Gasteiger partial charge >= 0.3 is 5.97 Å². The second-order valence-electron chi connectivity index (χ2n) is 7.10. The largest absolute Gasteiger partial charge is 0.478 e. The van der Waals surface area contributed by atoms with Crippen LogP contribution in [-0.2, 0) is 11.2 Å². The molecule has 1 aromatic carbocycles. The summed E-state index contributed by atoms with van der Waals surface area (Å²) < 4.78 is 0. The summed E-state index contributed by atoms with van der Waals surface area (Å²) in [5, 5.41) is 9.11. The zero-order valence-electron chi connectivity index (χ0n) is 14.3. The normalized spacial score (nSPS) is 22.7. The number of carbonyl (C=O) groups excluding carboxylic acids is 1. The monoisotopic (exact) mass is 330 g/mol. The molecule has 5 nitrogen and oxygen atoms in total. The van der Waals surface area contributed by atoms with Gasteiger partial charge in [-0.25, -0.2) is 4.79 Å². The van der Waals surface area contributed by atoms with Gasteiger partial charge in [0.05, 0.1) is 5.56 Å². The van der Waals surface area contributed by atoms with E-state index in [-0.39, 0.29) is 5.91 Å². The van der Waals surface area contributed by atoms with E-state index >= 15 is 0 Å². The van der Waals surface area contributed by atoms with Crippen LogP contribution in [0.3, 0.4) is 0 Å². The van der Waals surface area contributed by atoms with Gasteiger partial charge in [-0.2, -0.15) is 0 Å². The number of aromatic carboxylic acids is 1. The molecule has 0 bridgehead atoms. The first-order valence-electron chi connectivity index (χ1n) is 8.84. The molecule has 2 fully saturated rings. The summed E-state index contributed by atoms with van der Waals surface area (Å²) in [6.45, 7) is 5.61. The number of carbonyl (C=O) groups is 2. The highest BCUT2D eigenvalue weighted by atomic mass is 16.4. The van der Waals surface area contributed by atoms with E-state index in [1.807, 2.05) is 17.0 Å². The van der Waals surface area contributed by atoms with Crippen molar-refractivity contribution in [3.8, 4) is 0 Å². The van der Waals surface area contributed by atoms with E-state index in [1.165, 1.54) is 6.42 Å². The van der Waals surface area contributed by atoms with Crippen LogP contribution in [0.4, 0.5) is 0 Å². The van der Waals surface area contributed by atoms with Crippen molar-refractivity contribution in [2.45, 2.75) is 38.6 Å². The second-order valence-corrected chi connectivity index (χ2v) is 7.10. The van der Waals surface area contributed by atoms with Crippen molar-refractivity contribution in [1.82, 2.24) is 9.80 Å². The standard InChI is InChI=1S/C19H26N2O3/c1-14(22)20-9-6-18(7-10-20)21-8-5-16(13-21)11-15-3-2-4-17(12-15)19(23)24/h2-4,12,16,18H,5-11,13H2,1H3,(H,23,24). The van der Waals surface area contributed by atoms with Crippen molar-refractivity contribution in [3.05, 3.63) is 35.4 Å². The molecular weight excluding hydrogens is 304 g/mol. The number of piperidine rings is 1. The van der Waals surface area contributed by atoms with Gasteiger partial charge in [-0.1, -0.05) is 12.1 Å². The lowest BCUT2D eigenvalue weighted by Gasteiger charge is -2.36. The molecule has 2 heterocycles. The average molecular weight is 330 g/mol. The van der Waals surface area contributed by atoms with E-state index in [4.69, 9.17) is 5.11 Å². The molecule has 1 amide bonds. The van der Waals surface area contributed by atoms with Gasteiger partial charge in [0.1, 0.15) is 0 Å². The van der Waals surface area contributed by atoms with Crippen molar-refractivity contribution < 1.29 is 14.7 Å². The molecule has 0 radical (unpaired) electrons. The fourth-order valence-electron chi connectivity index (χ4n) is 4.07. The molecule has 130 valence electrons. The van der Waals surface area contributed by atoms with Crippen LogP contribution in [0.25, 0.3) is 0 Å². The number of nitrogens with zero attached hydrogens (tertiary/aromatic N) is 2. The Labute approximate surface area is 143 Å². The van der Waals surface area contributed by atoms with Gasteiger partial charge in [0.25, 0.3) is 0 Å². The average Bonchev–Trinajstić information content (AvgIpc) is 3.03. The Morgan fingerprint density at radius 3 is 2.58 bits per heavy atom. The lowest BCUT2D eigenvalue weighted by atomic mass is 9.97. The van der Waals surface area contributed by atoms with Gasteiger partial charge < -0.3 is 10.0 Å². The van der Waals surface area contributed by atoms with Gasteiger partial charge in [0, 0.05) is 32.6 Å². The molecule has 24 heavy (non-hydrogen) atoms. The fourth-order valence-corrected chi connectivity index (χ4v) is 4.07. The first kappa shape index (κ1) is 17.0. The van der Waals surface area contributed by atoms with E-state index in [1.54, 1.807) is 19.1 Å². The van der Waals surface area contributed by atoms with Crippen molar-refractivity contribution >= 4 is 11.9 Å². The molecule has 1 atom stereocenters. The Balaban J connectivity index is 1.52. The van der Waals surface area contributed by atoms with Crippen molar-refractivity contribution in [2.24, 2.45) is 5.92 Å². The van der Waals surface area contributed by atoms with E-state index in [9.17, 15) is 9.59 Å². The molecule has 3 rings (SSSR count). The number of carboxylic acids is 1. The first-order chi connectivity index (χ1) is 11.5. The van der Waals surface area contributed by atoms with Crippen LogP contribution >= 0.6 is 0 Å². The number of hydrogen-bond acceptors (Lipinski definition) is 3.